The van der Waals surface area contributed by atoms with E-state index in [0.29, 0.717) is 13.1 Å². The summed E-state index contributed by atoms with van der Waals surface area (Å²) < 4.78 is 0. The third-order valence-corrected chi connectivity index (χ3v) is 3.17. The van der Waals surface area contributed by atoms with Crippen LogP contribution >= 0.6 is 24.0 Å². The van der Waals surface area contributed by atoms with Crippen molar-refractivity contribution in [3.05, 3.63) is 0 Å². The van der Waals surface area contributed by atoms with Crippen molar-refractivity contribution >= 4 is 35.8 Å². The molecule has 0 aromatic carbocycles. The largest absolute Gasteiger partial charge is 0.357 e. The van der Waals surface area contributed by atoms with Crippen LogP contribution in [0.4, 0.5) is 0 Å². The maximum Gasteiger partial charge on any atom is 0.216 e. The van der Waals surface area contributed by atoms with Crippen molar-refractivity contribution in [3.63, 3.8) is 0 Å². The van der Waals surface area contributed by atoms with Crippen molar-refractivity contribution in [2.24, 2.45) is 4.99 Å². The Morgan fingerprint density at radius 1 is 0.864 bits per heavy atom. The molecule has 0 fully saturated rings. The second kappa shape index (κ2) is 18.5. The first-order chi connectivity index (χ1) is 10.2. The molecule has 0 aromatic heterocycles. The Labute approximate surface area is 153 Å². The van der Waals surface area contributed by atoms with E-state index in [-0.39, 0.29) is 29.9 Å². The normalized spacial score (nSPS) is 10.8. The zero-order chi connectivity index (χ0) is 15.8. The molecule has 0 spiro atoms. The molecule has 0 saturated carbocycles. The van der Waals surface area contributed by atoms with Crippen molar-refractivity contribution in [2.45, 2.75) is 65.7 Å². The summed E-state index contributed by atoms with van der Waals surface area (Å²) in [6, 6.07) is 0. The lowest BCUT2D eigenvalue weighted by Gasteiger charge is -2.11. The summed E-state index contributed by atoms with van der Waals surface area (Å²) in [5.41, 5.74) is 0. The van der Waals surface area contributed by atoms with Crippen LogP contribution in [0.1, 0.15) is 65.7 Å². The predicted molar refractivity (Wildman–Crippen MR) is 106 cm³/mol. The second-order valence-electron chi connectivity index (χ2n) is 5.29. The minimum Gasteiger partial charge on any atom is -0.357 e. The van der Waals surface area contributed by atoms with E-state index in [1.807, 2.05) is 0 Å². The highest BCUT2D eigenvalue weighted by atomic mass is 127. The lowest BCUT2D eigenvalue weighted by molar-refractivity contribution is -0.118. The van der Waals surface area contributed by atoms with Gasteiger partial charge in [-0.25, -0.2) is 0 Å². The van der Waals surface area contributed by atoms with Crippen LogP contribution in [0.2, 0.25) is 0 Å². The van der Waals surface area contributed by atoms with Crippen molar-refractivity contribution in [3.8, 4) is 0 Å². The summed E-state index contributed by atoms with van der Waals surface area (Å²) in [5.74, 6) is 0.843. The fourth-order valence-corrected chi connectivity index (χ4v) is 2.02. The number of nitrogens with one attached hydrogen (secondary N) is 3. The summed E-state index contributed by atoms with van der Waals surface area (Å²) >= 11 is 0. The number of halogens is 1. The molecule has 0 aliphatic carbocycles. The Hall–Kier alpha value is -0.530. The molecule has 0 saturated heterocycles. The van der Waals surface area contributed by atoms with Crippen molar-refractivity contribution in [1.82, 2.24) is 16.0 Å². The smallest absolute Gasteiger partial charge is 0.216 e. The molecule has 0 aromatic rings. The highest BCUT2D eigenvalue weighted by Crippen LogP contribution is 2.06. The molecule has 0 bridgehead atoms. The number of hydrogen-bond acceptors (Lipinski definition) is 2. The van der Waals surface area contributed by atoms with E-state index in [1.54, 1.807) is 0 Å². The first kappa shape index (κ1) is 23.7. The number of unbranched alkanes of at least 4 members (excludes halogenated alkanes) is 6. The topological polar surface area (TPSA) is 65.5 Å². The van der Waals surface area contributed by atoms with Gasteiger partial charge < -0.3 is 16.0 Å². The van der Waals surface area contributed by atoms with Gasteiger partial charge in [-0.1, -0.05) is 45.4 Å². The number of nitrogens with zero attached hydrogens (tertiary/aromatic N) is 1. The van der Waals surface area contributed by atoms with Crippen LogP contribution in [0.3, 0.4) is 0 Å². The average molecular weight is 426 g/mol. The van der Waals surface area contributed by atoms with Gasteiger partial charge in [0.2, 0.25) is 5.91 Å². The lowest BCUT2D eigenvalue weighted by Crippen LogP contribution is -2.41. The van der Waals surface area contributed by atoms with Crippen molar-refractivity contribution < 1.29 is 4.79 Å². The van der Waals surface area contributed by atoms with Gasteiger partial charge in [0.1, 0.15) is 0 Å². The third-order valence-electron chi connectivity index (χ3n) is 3.17. The molecule has 0 rings (SSSR count). The van der Waals surface area contributed by atoms with Gasteiger partial charge in [-0.05, 0) is 13.3 Å². The predicted octanol–water partition coefficient (Wildman–Crippen LogP) is 3.05. The van der Waals surface area contributed by atoms with Crippen LogP contribution in [0.5, 0.6) is 0 Å². The molecule has 0 aliphatic rings. The molecule has 0 unspecified atom stereocenters. The maximum atomic E-state index is 10.8. The number of guanidine groups is 1. The molecule has 0 aliphatic heterocycles. The second-order valence-corrected chi connectivity index (χ2v) is 5.29. The number of carbonyl (C=O) groups is 1. The van der Waals surface area contributed by atoms with E-state index in [1.165, 1.54) is 45.4 Å². The van der Waals surface area contributed by atoms with Crippen molar-refractivity contribution in [2.75, 3.05) is 26.2 Å². The fraction of sp³-hybridized carbons (Fsp3) is 0.875. The van der Waals surface area contributed by atoms with Gasteiger partial charge in [-0.3, -0.25) is 9.79 Å². The summed E-state index contributed by atoms with van der Waals surface area (Å²) in [6.07, 6.45) is 9.12. The molecular weight excluding hydrogens is 391 g/mol. The standard InChI is InChI=1S/C16H34N4O.HI/c1-4-6-7-8-9-10-11-12-19-16(17-5-2)20-14-13-18-15(3)21;/h4-14H2,1-3H3,(H,18,21)(H2,17,19,20);1H. The number of amides is 1. The number of rotatable bonds is 12. The Morgan fingerprint density at radius 3 is 2.05 bits per heavy atom. The molecule has 22 heavy (non-hydrogen) atoms. The zero-order valence-corrected chi connectivity index (χ0v) is 16.9. The highest BCUT2D eigenvalue weighted by molar-refractivity contribution is 14.0. The molecule has 0 radical (unpaired) electrons. The van der Waals surface area contributed by atoms with Crippen LogP contribution in [0.25, 0.3) is 0 Å². The van der Waals surface area contributed by atoms with Crippen LogP contribution in [0, 0.1) is 0 Å². The van der Waals surface area contributed by atoms with Gasteiger partial charge in [0.05, 0.1) is 0 Å². The molecule has 132 valence electrons. The van der Waals surface area contributed by atoms with Crippen LogP contribution in [-0.4, -0.2) is 38.0 Å². The Morgan fingerprint density at radius 2 is 1.45 bits per heavy atom. The SMILES string of the molecule is CCCCCCCCCN=C(NCC)NCCNC(C)=O.I. The minimum atomic E-state index is 0. The number of aliphatic imine (C=N–C) groups is 1. The molecule has 1 amide bonds. The first-order valence-electron chi connectivity index (χ1n) is 8.47. The van der Waals surface area contributed by atoms with Gasteiger partial charge in [0.25, 0.3) is 0 Å². The molecule has 3 N–H and O–H groups in total. The monoisotopic (exact) mass is 426 g/mol. The molecule has 0 atom stereocenters. The van der Waals surface area contributed by atoms with Gasteiger partial charge in [-0.15, -0.1) is 24.0 Å². The molecular formula is C16H35IN4O. The van der Waals surface area contributed by atoms with Crippen LogP contribution < -0.4 is 16.0 Å². The highest BCUT2D eigenvalue weighted by Gasteiger charge is 1.97. The Kier molecular flexibility index (Phi) is 20.0. The van der Waals surface area contributed by atoms with E-state index in [4.69, 9.17) is 0 Å². The quantitative estimate of drug-likeness (QED) is 0.195. The van der Waals surface area contributed by atoms with E-state index in [2.05, 4.69) is 34.8 Å². The maximum absolute atomic E-state index is 10.8. The van der Waals surface area contributed by atoms with E-state index in [9.17, 15) is 4.79 Å². The Balaban J connectivity index is 0. The van der Waals surface area contributed by atoms with Gasteiger partial charge >= 0.3 is 0 Å². The van der Waals surface area contributed by atoms with Gasteiger partial charge in [0.15, 0.2) is 5.96 Å². The summed E-state index contributed by atoms with van der Waals surface area (Å²) in [5, 5.41) is 9.19. The van der Waals surface area contributed by atoms with Gasteiger partial charge in [-0.2, -0.15) is 0 Å². The fourth-order valence-electron chi connectivity index (χ4n) is 2.02. The number of carbonyl (C=O) groups excluding carboxylic acids is 1. The summed E-state index contributed by atoms with van der Waals surface area (Å²) in [4.78, 5) is 15.3. The lowest BCUT2D eigenvalue weighted by atomic mass is 10.1. The third kappa shape index (κ3) is 17.5. The van der Waals surface area contributed by atoms with Crippen LogP contribution in [0.15, 0.2) is 4.99 Å². The Bertz CT molecular complexity index is 285. The molecule has 0 heterocycles. The van der Waals surface area contributed by atoms with E-state index < -0.39 is 0 Å². The minimum absolute atomic E-state index is 0. The first-order valence-corrected chi connectivity index (χ1v) is 8.47. The summed E-state index contributed by atoms with van der Waals surface area (Å²) in [6.45, 7) is 8.86. The van der Waals surface area contributed by atoms with Gasteiger partial charge in [0, 0.05) is 33.1 Å². The zero-order valence-electron chi connectivity index (χ0n) is 14.5. The van der Waals surface area contributed by atoms with E-state index in [0.717, 1.165) is 25.5 Å². The average Bonchev–Trinajstić information content (AvgIpc) is 2.46. The summed E-state index contributed by atoms with van der Waals surface area (Å²) in [7, 11) is 0. The number of hydrogen-bond donors (Lipinski definition) is 3. The molecule has 6 heteroatoms. The van der Waals surface area contributed by atoms with E-state index >= 15 is 0 Å². The molecule has 5 nitrogen and oxygen atoms in total. The van der Waals surface area contributed by atoms with Crippen molar-refractivity contribution in [1.29, 1.82) is 0 Å². The van der Waals surface area contributed by atoms with Crippen LogP contribution in [-0.2, 0) is 4.79 Å².